The van der Waals surface area contributed by atoms with Crippen molar-refractivity contribution >= 4 is 27.3 Å². The van der Waals surface area contributed by atoms with Crippen molar-refractivity contribution in [1.29, 1.82) is 0 Å². The molecule has 0 fully saturated rings. The summed E-state index contributed by atoms with van der Waals surface area (Å²) in [5.41, 5.74) is 0.820. The number of carbonyl (C=O) groups is 1. The summed E-state index contributed by atoms with van der Waals surface area (Å²) in [6, 6.07) is 6.34. The fourth-order valence-corrected chi connectivity index (χ4v) is 4.21. The van der Waals surface area contributed by atoms with Crippen molar-refractivity contribution in [1.82, 2.24) is 9.88 Å². The third-order valence-electron chi connectivity index (χ3n) is 4.44. The van der Waals surface area contributed by atoms with Crippen LogP contribution in [0.25, 0.3) is 0 Å². The summed E-state index contributed by atoms with van der Waals surface area (Å²) in [5.74, 6) is 0.797. The van der Waals surface area contributed by atoms with Gasteiger partial charge in [0.15, 0.2) is 9.84 Å². The lowest BCUT2D eigenvalue weighted by atomic mass is 10.1. The second-order valence-electron chi connectivity index (χ2n) is 7.41. The number of carbonyl (C=O) groups excluding carboxylic acids is 1. The van der Waals surface area contributed by atoms with Gasteiger partial charge in [0.2, 0.25) is 0 Å². The number of ether oxygens (including phenoxy) is 2. The Morgan fingerprint density at radius 3 is 2.43 bits per heavy atom. The van der Waals surface area contributed by atoms with Crippen molar-refractivity contribution in [3.63, 3.8) is 0 Å². The second-order valence-corrected chi connectivity index (χ2v) is 10.3. The van der Waals surface area contributed by atoms with Crippen molar-refractivity contribution in [2.24, 2.45) is 0 Å². The third kappa shape index (κ3) is 7.28. The number of benzene rings is 1. The predicted molar refractivity (Wildman–Crippen MR) is 118 cm³/mol. The maximum absolute atomic E-state index is 12.1. The van der Waals surface area contributed by atoms with Crippen molar-refractivity contribution in [3.05, 3.63) is 40.3 Å². The van der Waals surface area contributed by atoms with E-state index in [4.69, 9.17) is 9.47 Å². The van der Waals surface area contributed by atoms with E-state index in [9.17, 15) is 13.2 Å². The molecule has 9 heteroatoms. The Kier molecular flexibility index (Phi) is 8.66. The van der Waals surface area contributed by atoms with Gasteiger partial charge in [0, 0.05) is 30.6 Å². The maximum Gasteiger partial charge on any atom is 0.409 e. The van der Waals surface area contributed by atoms with Gasteiger partial charge in [-0.05, 0) is 51.5 Å². The molecule has 0 radical (unpaired) electrons. The van der Waals surface area contributed by atoms with Crippen molar-refractivity contribution < 1.29 is 22.7 Å². The molecule has 1 amide bonds. The molecule has 1 aromatic carbocycles. The number of rotatable bonds is 10. The minimum absolute atomic E-state index is 0.131. The summed E-state index contributed by atoms with van der Waals surface area (Å²) in [6.07, 6.45) is 1.55. The van der Waals surface area contributed by atoms with Crippen LogP contribution in [0.1, 0.15) is 50.7 Å². The molecule has 7 nitrogen and oxygen atoms in total. The largest absolute Gasteiger partial charge is 0.487 e. The summed E-state index contributed by atoms with van der Waals surface area (Å²) in [6.45, 7) is 9.24. The van der Waals surface area contributed by atoms with Gasteiger partial charge in [0.1, 0.15) is 12.4 Å². The van der Waals surface area contributed by atoms with Crippen LogP contribution in [-0.4, -0.2) is 49.8 Å². The summed E-state index contributed by atoms with van der Waals surface area (Å²) < 4.78 is 34.0. The molecule has 2 rings (SSSR count). The maximum atomic E-state index is 12.1. The highest BCUT2D eigenvalue weighted by Crippen LogP contribution is 2.24. The number of hydrogen-bond acceptors (Lipinski definition) is 7. The fraction of sp³-hybridized carbons (Fsp3) is 0.524. The second kappa shape index (κ2) is 10.8. The van der Waals surface area contributed by atoms with Gasteiger partial charge in [0.25, 0.3) is 0 Å². The highest BCUT2D eigenvalue weighted by molar-refractivity contribution is 7.90. The van der Waals surface area contributed by atoms with Gasteiger partial charge in [-0.15, -0.1) is 11.3 Å². The quantitative estimate of drug-likeness (QED) is 0.526. The molecule has 2 aromatic rings. The van der Waals surface area contributed by atoms with Gasteiger partial charge in [0.05, 0.1) is 21.7 Å². The Morgan fingerprint density at radius 1 is 1.20 bits per heavy atom. The molecule has 0 aliphatic rings. The van der Waals surface area contributed by atoms with E-state index in [1.807, 2.05) is 26.2 Å². The molecule has 1 atom stereocenters. The van der Waals surface area contributed by atoms with Gasteiger partial charge in [-0.25, -0.2) is 18.2 Å². The average Bonchev–Trinajstić information content (AvgIpc) is 3.15. The lowest BCUT2D eigenvalue weighted by molar-refractivity contribution is 0.0776. The number of thiazole rings is 1. The molecular weight excluding hydrogens is 424 g/mol. The van der Waals surface area contributed by atoms with E-state index in [1.54, 1.807) is 28.4 Å². The topological polar surface area (TPSA) is 85.8 Å². The Labute approximate surface area is 183 Å². The van der Waals surface area contributed by atoms with E-state index in [-0.39, 0.29) is 23.0 Å². The van der Waals surface area contributed by atoms with Crippen LogP contribution in [0.4, 0.5) is 4.79 Å². The Hall–Kier alpha value is -2.13. The third-order valence-corrected chi connectivity index (χ3v) is 6.69. The number of aromatic nitrogens is 1. The molecule has 1 heterocycles. The lowest BCUT2D eigenvalue weighted by Crippen LogP contribution is -2.34. The first-order valence-electron chi connectivity index (χ1n) is 9.93. The van der Waals surface area contributed by atoms with E-state index in [0.29, 0.717) is 25.4 Å². The van der Waals surface area contributed by atoms with Crippen LogP contribution in [0.5, 0.6) is 5.75 Å². The molecule has 1 aromatic heterocycles. The molecule has 1 unspecified atom stereocenters. The summed E-state index contributed by atoms with van der Waals surface area (Å²) in [7, 11) is -3.22. The molecule has 0 aliphatic carbocycles. The van der Waals surface area contributed by atoms with Crippen LogP contribution >= 0.6 is 11.3 Å². The summed E-state index contributed by atoms with van der Waals surface area (Å²) in [5, 5.41) is 2.95. The van der Waals surface area contributed by atoms with Crippen molar-refractivity contribution in [3.8, 4) is 5.75 Å². The molecule has 166 valence electrons. The van der Waals surface area contributed by atoms with Gasteiger partial charge in [-0.3, -0.25) is 0 Å². The van der Waals surface area contributed by atoms with E-state index >= 15 is 0 Å². The lowest BCUT2D eigenvalue weighted by Gasteiger charge is -2.22. The summed E-state index contributed by atoms with van der Waals surface area (Å²) in [4.78, 5) is 18.7. The zero-order chi connectivity index (χ0) is 22.3. The number of nitrogens with zero attached hydrogens (tertiary/aromatic N) is 2. The van der Waals surface area contributed by atoms with Gasteiger partial charge < -0.3 is 14.4 Å². The predicted octanol–water partition coefficient (Wildman–Crippen LogP) is 4.49. The normalized spacial score (nSPS) is 12.6. The summed E-state index contributed by atoms with van der Waals surface area (Å²) >= 11 is 1.57. The highest BCUT2D eigenvalue weighted by Gasteiger charge is 2.18. The first kappa shape index (κ1) is 24.1. The molecule has 30 heavy (non-hydrogen) atoms. The van der Waals surface area contributed by atoms with E-state index < -0.39 is 9.84 Å². The monoisotopic (exact) mass is 454 g/mol. The number of amides is 1. The molecule has 0 spiro atoms. The van der Waals surface area contributed by atoms with Gasteiger partial charge >= 0.3 is 6.09 Å². The van der Waals surface area contributed by atoms with Gasteiger partial charge in [-0.2, -0.15) is 0 Å². The molecule has 0 saturated heterocycles. The Balaban J connectivity index is 1.87. The highest BCUT2D eigenvalue weighted by atomic mass is 32.2. The average molecular weight is 455 g/mol. The molecule has 0 N–H and O–H groups in total. The minimum Gasteiger partial charge on any atom is -0.487 e. The van der Waals surface area contributed by atoms with E-state index in [1.165, 1.54) is 18.4 Å². The zero-order valence-electron chi connectivity index (χ0n) is 18.1. The number of sulfone groups is 1. The zero-order valence-corrected chi connectivity index (χ0v) is 19.8. The first-order chi connectivity index (χ1) is 14.1. The Bertz CT molecular complexity index is 923. The molecule has 0 aliphatic heterocycles. The van der Waals surface area contributed by atoms with E-state index in [2.05, 4.69) is 11.9 Å². The SMILES string of the molecule is CCN(CCC(C)c1nc(COc2ccc(S(C)(=O)=O)cc2)cs1)C(=O)OC(C)C. The standard InChI is InChI=1S/C21H30N2O5S2/c1-6-23(21(24)28-15(2)3)12-11-16(4)20-22-17(14-29-20)13-27-18-7-9-19(10-8-18)30(5,25)26/h7-10,14-16H,6,11-13H2,1-5H3. The van der Waals surface area contributed by atoms with Crippen molar-refractivity contribution in [2.45, 2.75) is 57.6 Å². The van der Waals surface area contributed by atoms with Crippen molar-refractivity contribution in [2.75, 3.05) is 19.3 Å². The smallest absolute Gasteiger partial charge is 0.409 e. The number of hydrogen-bond donors (Lipinski definition) is 0. The van der Waals surface area contributed by atoms with Crippen LogP contribution < -0.4 is 4.74 Å². The molecule has 0 saturated carbocycles. The van der Waals surface area contributed by atoms with Crippen LogP contribution in [0.2, 0.25) is 0 Å². The Morgan fingerprint density at radius 2 is 1.87 bits per heavy atom. The fourth-order valence-electron chi connectivity index (χ4n) is 2.68. The van der Waals surface area contributed by atoms with Crippen LogP contribution in [0.3, 0.4) is 0 Å². The van der Waals surface area contributed by atoms with Crippen LogP contribution in [0.15, 0.2) is 34.5 Å². The van der Waals surface area contributed by atoms with Crippen LogP contribution in [-0.2, 0) is 21.2 Å². The first-order valence-corrected chi connectivity index (χ1v) is 12.7. The molecular formula is C21H30N2O5S2. The van der Waals surface area contributed by atoms with Gasteiger partial charge in [-0.1, -0.05) is 6.92 Å². The van der Waals surface area contributed by atoms with E-state index in [0.717, 1.165) is 17.1 Å². The van der Waals surface area contributed by atoms with Crippen LogP contribution in [0, 0.1) is 0 Å². The molecule has 0 bridgehead atoms. The minimum atomic E-state index is -3.22.